The maximum atomic E-state index is 12.5. The van der Waals surface area contributed by atoms with Gasteiger partial charge in [-0.1, -0.05) is 12.8 Å². The molecule has 0 spiro atoms. The maximum absolute atomic E-state index is 12.5. The number of piperidine rings is 1. The van der Waals surface area contributed by atoms with Crippen molar-refractivity contribution in [1.82, 2.24) is 4.90 Å². The van der Waals surface area contributed by atoms with Gasteiger partial charge in [0.2, 0.25) is 5.91 Å². The number of likely N-dealkylation sites (tertiary alicyclic amines) is 1. The number of carboxylic acid groups (broad SMARTS) is 1. The van der Waals surface area contributed by atoms with Gasteiger partial charge in [-0.25, -0.2) is 0 Å². The molecule has 1 atom stereocenters. The molecule has 0 radical (unpaired) electrons. The molecule has 2 N–H and O–H groups in total. The van der Waals surface area contributed by atoms with Crippen LogP contribution in [0.15, 0.2) is 0 Å². The van der Waals surface area contributed by atoms with Gasteiger partial charge >= 0.3 is 5.97 Å². The number of amides is 1. The van der Waals surface area contributed by atoms with Gasteiger partial charge in [0.15, 0.2) is 0 Å². The highest BCUT2D eigenvalue weighted by atomic mass is 16.4. The average molecular weight is 283 g/mol. The summed E-state index contributed by atoms with van der Waals surface area (Å²) in [4.78, 5) is 25.4. The van der Waals surface area contributed by atoms with E-state index in [1.54, 1.807) is 4.90 Å². The summed E-state index contributed by atoms with van der Waals surface area (Å²) in [7, 11) is 0. The smallest absolute Gasteiger partial charge is 0.303 e. The number of rotatable bonds is 5. The zero-order valence-corrected chi connectivity index (χ0v) is 12.0. The second-order valence-electron chi connectivity index (χ2n) is 6.37. The van der Waals surface area contributed by atoms with Crippen LogP contribution in [0.2, 0.25) is 0 Å². The fourth-order valence-electron chi connectivity index (χ4n) is 3.80. The first-order chi connectivity index (χ1) is 9.56. The molecule has 0 bridgehead atoms. The number of aliphatic hydroxyl groups excluding tert-OH is 1. The lowest BCUT2D eigenvalue weighted by Gasteiger charge is -2.37. The third kappa shape index (κ3) is 3.51. The van der Waals surface area contributed by atoms with Crippen molar-refractivity contribution in [2.24, 2.45) is 5.41 Å². The fraction of sp³-hybridized carbons (Fsp3) is 0.867. The topological polar surface area (TPSA) is 77.8 Å². The van der Waals surface area contributed by atoms with Crippen molar-refractivity contribution >= 4 is 11.9 Å². The van der Waals surface area contributed by atoms with Gasteiger partial charge in [0.25, 0.3) is 0 Å². The van der Waals surface area contributed by atoms with Crippen molar-refractivity contribution in [3.05, 3.63) is 0 Å². The third-order valence-electron chi connectivity index (χ3n) is 4.87. The predicted molar refractivity (Wildman–Crippen MR) is 74.2 cm³/mol. The van der Waals surface area contributed by atoms with Gasteiger partial charge in [-0.15, -0.1) is 0 Å². The molecule has 1 saturated carbocycles. The number of aliphatic hydroxyl groups is 1. The fourth-order valence-corrected chi connectivity index (χ4v) is 3.80. The molecule has 1 heterocycles. The molecule has 114 valence electrons. The van der Waals surface area contributed by atoms with Gasteiger partial charge < -0.3 is 15.1 Å². The molecule has 0 aromatic heterocycles. The second-order valence-corrected chi connectivity index (χ2v) is 6.37. The Morgan fingerprint density at radius 3 is 2.40 bits per heavy atom. The van der Waals surface area contributed by atoms with E-state index in [-0.39, 0.29) is 30.4 Å². The SMILES string of the molecule is O=C(O)CC1(CC(=O)N2CCCCC2CO)CCCC1. The molecule has 1 saturated heterocycles. The van der Waals surface area contributed by atoms with Gasteiger partial charge in [-0.3, -0.25) is 9.59 Å². The van der Waals surface area contributed by atoms with Crippen LogP contribution in [-0.2, 0) is 9.59 Å². The Hall–Kier alpha value is -1.10. The lowest BCUT2D eigenvalue weighted by molar-refractivity contribution is -0.143. The first-order valence-corrected chi connectivity index (χ1v) is 7.68. The largest absolute Gasteiger partial charge is 0.481 e. The first-order valence-electron chi connectivity index (χ1n) is 7.68. The normalized spacial score (nSPS) is 25.6. The summed E-state index contributed by atoms with van der Waals surface area (Å²) in [5, 5.41) is 18.5. The highest BCUT2D eigenvalue weighted by molar-refractivity contribution is 5.78. The number of aliphatic carboxylic acids is 1. The first kappa shape index (κ1) is 15.3. The number of carbonyl (C=O) groups is 2. The molecule has 1 aliphatic carbocycles. The predicted octanol–water partition coefficient (Wildman–Crippen LogP) is 1.78. The van der Waals surface area contributed by atoms with E-state index in [0.717, 1.165) is 44.9 Å². The molecule has 2 rings (SSSR count). The Morgan fingerprint density at radius 2 is 1.80 bits per heavy atom. The lowest BCUT2D eigenvalue weighted by atomic mass is 9.79. The van der Waals surface area contributed by atoms with E-state index in [1.807, 2.05) is 0 Å². The van der Waals surface area contributed by atoms with Gasteiger partial charge in [0, 0.05) is 13.0 Å². The number of carbonyl (C=O) groups excluding carboxylic acids is 1. The van der Waals surface area contributed by atoms with E-state index in [2.05, 4.69) is 0 Å². The van der Waals surface area contributed by atoms with Crippen LogP contribution in [0.4, 0.5) is 0 Å². The minimum Gasteiger partial charge on any atom is -0.481 e. The summed E-state index contributed by atoms with van der Waals surface area (Å²) in [6.07, 6.45) is 7.02. The number of carboxylic acids is 1. The average Bonchev–Trinajstić information content (AvgIpc) is 2.85. The molecule has 0 aromatic rings. The molecule has 0 aromatic carbocycles. The molecule has 1 unspecified atom stereocenters. The summed E-state index contributed by atoms with van der Waals surface area (Å²) in [6, 6.07) is -0.0699. The zero-order valence-electron chi connectivity index (χ0n) is 12.0. The van der Waals surface area contributed by atoms with E-state index in [9.17, 15) is 14.7 Å². The molecule has 2 aliphatic rings. The van der Waals surface area contributed by atoms with E-state index in [1.165, 1.54) is 0 Å². The van der Waals surface area contributed by atoms with Gasteiger partial charge in [0.05, 0.1) is 19.1 Å². The van der Waals surface area contributed by atoms with Crippen molar-refractivity contribution in [3.8, 4) is 0 Å². The van der Waals surface area contributed by atoms with E-state index < -0.39 is 5.97 Å². The van der Waals surface area contributed by atoms with Crippen LogP contribution >= 0.6 is 0 Å². The Morgan fingerprint density at radius 1 is 1.10 bits per heavy atom. The van der Waals surface area contributed by atoms with Crippen molar-refractivity contribution in [2.45, 2.75) is 63.8 Å². The standard InChI is InChI=1S/C15H25NO4/c17-11-12-5-1-4-8-16(12)13(18)9-15(10-14(19)20)6-2-3-7-15/h12,17H,1-11H2,(H,19,20). The van der Waals surface area contributed by atoms with E-state index in [4.69, 9.17) is 5.11 Å². The summed E-state index contributed by atoms with van der Waals surface area (Å²) in [5.41, 5.74) is -0.347. The minimum absolute atomic E-state index is 0.0116. The molecular formula is C15H25NO4. The number of nitrogens with zero attached hydrogens (tertiary/aromatic N) is 1. The second kappa shape index (κ2) is 6.57. The maximum Gasteiger partial charge on any atom is 0.303 e. The van der Waals surface area contributed by atoms with Crippen molar-refractivity contribution in [3.63, 3.8) is 0 Å². The Bertz CT molecular complexity index is 363. The van der Waals surface area contributed by atoms with Gasteiger partial charge in [-0.2, -0.15) is 0 Å². The minimum atomic E-state index is -0.808. The zero-order chi connectivity index (χ0) is 14.6. The quantitative estimate of drug-likeness (QED) is 0.806. The van der Waals surface area contributed by atoms with Crippen LogP contribution in [0, 0.1) is 5.41 Å². The molecule has 20 heavy (non-hydrogen) atoms. The van der Waals surface area contributed by atoms with Crippen molar-refractivity contribution < 1.29 is 19.8 Å². The van der Waals surface area contributed by atoms with Crippen LogP contribution in [0.3, 0.4) is 0 Å². The summed E-state index contributed by atoms with van der Waals surface area (Å²) < 4.78 is 0. The summed E-state index contributed by atoms with van der Waals surface area (Å²) in [5.74, 6) is -0.774. The highest BCUT2D eigenvalue weighted by Gasteiger charge is 2.40. The molecular weight excluding hydrogens is 258 g/mol. The Kier molecular flexibility index (Phi) is 5.02. The van der Waals surface area contributed by atoms with Crippen molar-refractivity contribution in [1.29, 1.82) is 0 Å². The van der Waals surface area contributed by atoms with E-state index >= 15 is 0 Å². The highest BCUT2D eigenvalue weighted by Crippen LogP contribution is 2.44. The number of hydrogen-bond donors (Lipinski definition) is 2. The molecule has 5 heteroatoms. The van der Waals surface area contributed by atoms with Gasteiger partial charge in [0.1, 0.15) is 0 Å². The Labute approximate surface area is 120 Å². The molecule has 1 aliphatic heterocycles. The van der Waals surface area contributed by atoms with E-state index in [0.29, 0.717) is 13.0 Å². The van der Waals surface area contributed by atoms with Crippen molar-refractivity contribution in [2.75, 3.05) is 13.2 Å². The molecule has 2 fully saturated rings. The lowest BCUT2D eigenvalue weighted by Crippen LogP contribution is -2.47. The van der Waals surface area contributed by atoms with Crippen LogP contribution in [0.25, 0.3) is 0 Å². The molecule has 5 nitrogen and oxygen atoms in total. The van der Waals surface area contributed by atoms with Crippen LogP contribution < -0.4 is 0 Å². The summed E-state index contributed by atoms with van der Waals surface area (Å²) in [6.45, 7) is 0.713. The third-order valence-corrected chi connectivity index (χ3v) is 4.87. The Balaban J connectivity index is 2.02. The monoisotopic (exact) mass is 283 g/mol. The van der Waals surface area contributed by atoms with Gasteiger partial charge in [-0.05, 0) is 37.5 Å². The van der Waals surface area contributed by atoms with Crippen LogP contribution in [-0.4, -0.2) is 46.2 Å². The van der Waals surface area contributed by atoms with Crippen LogP contribution in [0.5, 0.6) is 0 Å². The molecule has 1 amide bonds. The summed E-state index contributed by atoms with van der Waals surface area (Å²) >= 11 is 0. The number of hydrogen-bond acceptors (Lipinski definition) is 3. The van der Waals surface area contributed by atoms with Crippen LogP contribution in [0.1, 0.15) is 57.8 Å².